The molecular formula is C23H27N3O3S. The van der Waals surface area contributed by atoms with Crippen molar-refractivity contribution in [1.29, 1.82) is 0 Å². The highest BCUT2D eigenvalue weighted by molar-refractivity contribution is 7.09. The van der Waals surface area contributed by atoms with Gasteiger partial charge in [0, 0.05) is 49.1 Å². The van der Waals surface area contributed by atoms with Gasteiger partial charge in [-0.05, 0) is 31.9 Å². The molecular weight excluding hydrogens is 398 g/mol. The number of hydrogen-bond donors (Lipinski definition) is 0. The molecule has 4 rings (SSSR count). The van der Waals surface area contributed by atoms with Crippen LogP contribution in [0.1, 0.15) is 35.5 Å². The van der Waals surface area contributed by atoms with E-state index in [1.807, 2.05) is 46.4 Å². The molecule has 2 amide bonds. The average molecular weight is 426 g/mol. The number of thiazole rings is 1. The molecule has 0 unspecified atom stereocenters. The fourth-order valence-corrected chi connectivity index (χ4v) is 4.30. The molecule has 2 heterocycles. The molecule has 1 aromatic heterocycles. The largest absolute Gasteiger partial charge is 0.487 e. The zero-order chi connectivity index (χ0) is 20.9. The van der Waals surface area contributed by atoms with E-state index in [9.17, 15) is 9.59 Å². The summed E-state index contributed by atoms with van der Waals surface area (Å²) in [5.41, 5.74) is 1.76. The van der Waals surface area contributed by atoms with Crippen LogP contribution in [0.15, 0.2) is 35.7 Å². The van der Waals surface area contributed by atoms with Crippen molar-refractivity contribution >= 4 is 29.2 Å². The van der Waals surface area contributed by atoms with E-state index in [2.05, 4.69) is 4.98 Å². The Balaban J connectivity index is 1.31. The van der Waals surface area contributed by atoms with Gasteiger partial charge in [-0.2, -0.15) is 0 Å². The van der Waals surface area contributed by atoms with Crippen molar-refractivity contribution in [2.75, 3.05) is 26.2 Å². The van der Waals surface area contributed by atoms with Gasteiger partial charge >= 0.3 is 0 Å². The quantitative estimate of drug-likeness (QED) is 0.665. The minimum absolute atomic E-state index is 0.0318. The lowest BCUT2D eigenvalue weighted by atomic mass is 9.84. The number of nitrogens with zero attached hydrogens (tertiary/aromatic N) is 3. The maximum Gasteiger partial charge on any atom is 0.246 e. The number of carbonyl (C=O) groups is 2. The van der Waals surface area contributed by atoms with Crippen LogP contribution in [0.3, 0.4) is 0 Å². The first-order valence-electron chi connectivity index (χ1n) is 10.5. The van der Waals surface area contributed by atoms with Crippen LogP contribution in [-0.4, -0.2) is 52.8 Å². The summed E-state index contributed by atoms with van der Waals surface area (Å²) < 4.78 is 5.92. The Hall–Kier alpha value is -2.67. The van der Waals surface area contributed by atoms with E-state index in [0.717, 1.165) is 41.3 Å². The van der Waals surface area contributed by atoms with E-state index >= 15 is 0 Å². The van der Waals surface area contributed by atoms with Crippen molar-refractivity contribution in [3.8, 4) is 5.75 Å². The summed E-state index contributed by atoms with van der Waals surface area (Å²) in [6.07, 6.45) is 6.59. The zero-order valence-corrected chi connectivity index (χ0v) is 18.1. The van der Waals surface area contributed by atoms with E-state index in [1.165, 1.54) is 0 Å². The summed E-state index contributed by atoms with van der Waals surface area (Å²) in [6.45, 7) is 4.80. The molecule has 2 fully saturated rings. The predicted molar refractivity (Wildman–Crippen MR) is 117 cm³/mol. The smallest absolute Gasteiger partial charge is 0.246 e. The van der Waals surface area contributed by atoms with Crippen LogP contribution in [0.4, 0.5) is 0 Å². The van der Waals surface area contributed by atoms with Crippen LogP contribution in [0.25, 0.3) is 6.08 Å². The van der Waals surface area contributed by atoms with Gasteiger partial charge in [0.25, 0.3) is 0 Å². The van der Waals surface area contributed by atoms with Gasteiger partial charge in [-0.3, -0.25) is 9.59 Å². The summed E-state index contributed by atoms with van der Waals surface area (Å²) in [5.74, 6) is 1.18. The van der Waals surface area contributed by atoms with Crippen molar-refractivity contribution in [3.63, 3.8) is 0 Å². The molecule has 1 saturated heterocycles. The normalized spacial score (nSPS) is 17.2. The summed E-state index contributed by atoms with van der Waals surface area (Å²) >= 11 is 1.60. The second-order valence-electron chi connectivity index (χ2n) is 7.80. The predicted octanol–water partition coefficient (Wildman–Crippen LogP) is 3.51. The maximum atomic E-state index is 12.6. The van der Waals surface area contributed by atoms with Crippen LogP contribution in [0.5, 0.6) is 5.75 Å². The van der Waals surface area contributed by atoms with Crippen molar-refractivity contribution in [3.05, 3.63) is 52.0 Å². The molecule has 1 saturated carbocycles. The Morgan fingerprint density at radius 3 is 2.57 bits per heavy atom. The monoisotopic (exact) mass is 425 g/mol. The van der Waals surface area contributed by atoms with E-state index < -0.39 is 0 Å². The van der Waals surface area contributed by atoms with Gasteiger partial charge in [0.05, 0.1) is 10.7 Å². The topological polar surface area (TPSA) is 62.7 Å². The van der Waals surface area contributed by atoms with Gasteiger partial charge in [0.15, 0.2) is 0 Å². The fourth-order valence-electron chi connectivity index (χ4n) is 3.70. The van der Waals surface area contributed by atoms with Crippen LogP contribution < -0.4 is 4.74 Å². The number of carbonyl (C=O) groups excluding carboxylic acids is 2. The molecule has 1 aliphatic carbocycles. The first-order valence-corrected chi connectivity index (χ1v) is 11.4. The van der Waals surface area contributed by atoms with Crippen LogP contribution in [-0.2, 0) is 16.2 Å². The molecule has 158 valence electrons. The number of rotatable bonds is 6. The van der Waals surface area contributed by atoms with Crippen molar-refractivity contribution < 1.29 is 14.3 Å². The Labute approximate surface area is 181 Å². The van der Waals surface area contributed by atoms with Crippen LogP contribution in [0.2, 0.25) is 0 Å². The highest BCUT2D eigenvalue weighted by atomic mass is 32.1. The van der Waals surface area contributed by atoms with Crippen molar-refractivity contribution in [2.24, 2.45) is 5.92 Å². The first kappa shape index (κ1) is 20.6. The SMILES string of the molecule is Cc1nc(COc2ccccc2/C=C/C(=O)N2CCN(C(=O)C3CCC3)CC2)cs1. The van der Waals surface area contributed by atoms with Gasteiger partial charge in [-0.25, -0.2) is 4.98 Å². The highest BCUT2D eigenvalue weighted by Gasteiger charge is 2.31. The number of ether oxygens (including phenoxy) is 1. The van der Waals surface area contributed by atoms with E-state index in [4.69, 9.17) is 4.74 Å². The van der Waals surface area contributed by atoms with Gasteiger partial charge in [0.2, 0.25) is 11.8 Å². The molecule has 30 heavy (non-hydrogen) atoms. The molecule has 1 aromatic carbocycles. The van der Waals surface area contributed by atoms with Crippen molar-refractivity contribution in [1.82, 2.24) is 14.8 Å². The molecule has 2 aliphatic rings. The van der Waals surface area contributed by atoms with Crippen molar-refractivity contribution in [2.45, 2.75) is 32.8 Å². The average Bonchev–Trinajstić information content (AvgIpc) is 3.15. The Morgan fingerprint density at radius 1 is 1.17 bits per heavy atom. The van der Waals surface area contributed by atoms with E-state index in [0.29, 0.717) is 32.8 Å². The minimum atomic E-state index is -0.0318. The second-order valence-corrected chi connectivity index (χ2v) is 8.86. The number of piperazine rings is 1. The molecule has 1 aliphatic heterocycles. The molecule has 0 atom stereocenters. The number of para-hydroxylation sites is 1. The maximum absolute atomic E-state index is 12.6. The fraction of sp³-hybridized carbons (Fsp3) is 0.435. The number of hydrogen-bond acceptors (Lipinski definition) is 5. The Bertz CT molecular complexity index is 927. The second kappa shape index (κ2) is 9.43. The summed E-state index contributed by atoms with van der Waals surface area (Å²) in [5, 5.41) is 3.01. The van der Waals surface area contributed by atoms with Gasteiger partial charge < -0.3 is 14.5 Å². The van der Waals surface area contributed by atoms with Gasteiger partial charge in [-0.1, -0.05) is 24.6 Å². The number of aryl methyl sites for hydroxylation is 1. The summed E-state index contributed by atoms with van der Waals surface area (Å²) in [6, 6.07) is 7.67. The van der Waals surface area contributed by atoms with Gasteiger partial charge in [-0.15, -0.1) is 11.3 Å². The van der Waals surface area contributed by atoms with Crippen LogP contribution >= 0.6 is 11.3 Å². The highest BCUT2D eigenvalue weighted by Crippen LogP contribution is 2.28. The van der Waals surface area contributed by atoms with E-state index in [1.54, 1.807) is 23.5 Å². The third kappa shape index (κ3) is 4.90. The standard InChI is InChI=1S/C23H27N3O3S/c1-17-24-20(16-30-17)15-29-21-8-3-2-5-18(21)9-10-22(27)25-11-13-26(14-12-25)23(28)19-6-4-7-19/h2-3,5,8-10,16,19H,4,6-7,11-15H2,1H3/b10-9+. The molecule has 6 nitrogen and oxygen atoms in total. The Morgan fingerprint density at radius 2 is 1.90 bits per heavy atom. The molecule has 2 aromatic rings. The minimum Gasteiger partial charge on any atom is -0.487 e. The molecule has 0 radical (unpaired) electrons. The number of benzene rings is 1. The Kier molecular flexibility index (Phi) is 6.47. The summed E-state index contributed by atoms with van der Waals surface area (Å²) in [7, 11) is 0. The zero-order valence-electron chi connectivity index (χ0n) is 17.3. The van der Waals surface area contributed by atoms with E-state index in [-0.39, 0.29) is 17.7 Å². The lowest BCUT2D eigenvalue weighted by molar-refractivity contribution is -0.142. The first-order chi connectivity index (χ1) is 14.6. The summed E-state index contributed by atoms with van der Waals surface area (Å²) in [4.78, 5) is 33.1. The van der Waals surface area contributed by atoms with Crippen LogP contribution in [0, 0.1) is 12.8 Å². The molecule has 0 N–H and O–H groups in total. The molecule has 0 spiro atoms. The lowest BCUT2D eigenvalue weighted by Gasteiger charge is -2.37. The number of aromatic nitrogens is 1. The van der Waals surface area contributed by atoms with Gasteiger partial charge in [0.1, 0.15) is 12.4 Å². The number of amides is 2. The molecule has 0 bridgehead atoms. The molecule has 7 heteroatoms. The third-order valence-electron chi connectivity index (χ3n) is 5.72. The third-order valence-corrected chi connectivity index (χ3v) is 6.55. The lowest BCUT2D eigenvalue weighted by Crippen LogP contribution is -2.52.